The van der Waals surface area contributed by atoms with Crippen LogP contribution in [-0.4, -0.2) is 21.4 Å². The van der Waals surface area contributed by atoms with Crippen molar-refractivity contribution in [2.45, 2.75) is 25.9 Å². The molecule has 1 aliphatic heterocycles. The van der Waals surface area contributed by atoms with E-state index in [0.717, 1.165) is 15.4 Å². The summed E-state index contributed by atoms with van der Waals surface area (Å²) in [6.07, 6.45) is 0. The lowest BCUT2D eigenvalue weighted by Gasteiger charge is -2.30. The largest absolute Gasteiger partial charge is 0.263 e. The lowest BCUT2D eigenvalue weighted by molar-refractivity contribution is -0.0476. The van der Waals surface area contributed by atoms with Crippen molar-refractivity contribution < 1.29 is 4.48 Å². The van der Waals surface area contributed by atoms with Crippen LogP contribution in [0, 0.1) is 0 Å². The molecule has 5 heteroatoms. The highest BCUT2D eigenvalue weighted by Gasteiger charge is 2.29. The predicted molar refractivity (Wildman–Crippen MR) is 50.9 cm³/mol. The molecule has 0 bridgehead atoms. The second-order valence-corrected chi connectivity index (χ2v) is 4.26. The Bertz CT molecular complexity index is 325. The van der Waals surface area contributed by atoms with Crippen LogP contribution in [0.4, 0.5) is 4.48 Å². The van der Waals surface area contributed by atoms with E-state index in [2.05, 4.69) is 21.0 Å². The molecule has 1 aromatic heterocycles. The van der Waals surface area contributed by atoms with Crippen LogP contribution in [0.2, 0.25) is 0 Å². The van der Waals surface area contributed by atoms with Gasteiger partial charge in [0.2, 0.25) is 0 Å². The van der Waals surface area contributed by atoms with Crippen molar-refractivity contribution in [1.82, 2.24) is 14.9 Å². The molecule has 0 saturated carbocycles. The molecule has 0 saturated heterocycles. The zero-order valence-corrected chi connectivity index (χ0v) is 9.12. The predicted octanol–water partition coefficient (Wildman–Crippen LogP) is 2.47. The lowest BCUT2D eigenvalue weighted by atomic mass is 10.1. The van der Waals surface area contributed by atoms with Crippen LogP contribution in [0.3, 0.4) is 0 Å². The van der Waals surface area contributed by atoms with Crippen LogP contribution in [0.5, 0.6) is 0 Å². The smallest absolute Gasteiger partial charge is 0.128 e. The van der Waals surface area contributed by atoms with Gasteiger partial charge >= 0.3 is 0 Å². The van der Waals surface area contributed by atoms with Gasteiger partial charge in [0, 0.05) is 0 Å². The number of fused-ring (bicyclic) bond motifs is 1. The highest BCUT2D eigenvalue weighted by atomic mass is 79.9. The number of hydrogen-bond donors (Lipinski definition) is 0. The van der Waals surface area contributed by atoms with Crippen LogP contribution in [0.1, 0.15) is 31.6 Å². The topological polar surface area (TPSA) is 21.1 Å². The molecule has 0 aromatic carbocycles. The molecule has 2 unspecified atom stereocenters. The normalized spacial score (nSPS) is 28.9. The average Bonchev–Trinajstić information content (AvgIpc) is 2.44. The van der Waals surface area contributed by atoms with Crippen LogP contribution < -0.4 is 0 Å². The maximum Gasteiger partial charge on any atom is 0.128 e. The first-order chi connectivity index (χ1) is 6.09. The van der Waals surface area contributed by atoms with E-state index < -0.39 is 0 Å². The van der Waals surface area contributed by atoms with Gasteiger partial charge in [-0.05, 0) is 35.8 Å². The summed E-state index contributed by atoms with van der Waals surface area (Å²) < 4.78 is 15.9. The Labute approximate surface area is 84.6 Å². The van der Waals surface area contributed by atoms with E-state index in [1.165, 1.54) is 0 Å². The molecule has 2 heterocycles. The van der Waals surface area contributed by atoms with Gasteiger partial charge in [-0.2, -0.15) is 5.10 Å². The molecule has 2 rings (SSSR count). The van der Waals surface area contributed by atoms with Crippen molar-refractivity contribution >= 4 is 15.9 Å². The Morgan fingerprint density at radius 3 is 3.00 bits per heavy atom. The third-order valence-corrected chi connectivity index (χ3v) is 2.83. The second kappa shape index (κ2) is 3.06. The minimum atomic E-state index is -0.199. The Kier molecular flexibility index (Phi) is 2.15. The first kappa shape index (κ1) is 9.15. The third-order valence-electron chi connectivity index (χ3n) is 2.44. The molecule has 1 aromatic rings. The van der Waals surface area contributed by atoms with Gasteiger partial charge in [-0.3, -0.25) is 4.68 Å². The van der Waals surface area contributed by atoms with Gasteiger partial charge in [-0.25, -0.2) is 0 Å². The Morgan fingerprint density at radius 1 is 1.62 bits per heavy atom. The molecule has 0 radical (unpaired) electrons. The Balaban J connectivity index is 2.47. The van der Waals surface area contributed by atoms with Crippen LogP contribution in [0.15, 0.2) is 10.7 Å². The van der Waals surface area contributed by atoms with Crippen LogP contribution in [0.25, 0.3) is 0 Å². The maximum absolute atomic E-state index is 13.3. The molecular weight excluding hydrogens is 237 g/mol. The summed E-state index contributed by atoms with van der Waals surface area (Å²) in [4.78, 5) is 0. The highest BCUT2D eigenvalue weighted by molar-refractivity contribution is 9.10. The van der Waals surface area contributed by atoms with Gasteiger partial charge < -0.3 is 0 Å². The van der Waals surface area contributed by atoms with Crippen LogP contribution in [-0.2, 0) is 0 Å². The minimum Gasteiger partial charge on any atom is -0.263 e. The Morgan fingerprint density at radius 2 is 2.31 bits per heavy atom. The molecule has 1 aliphatic rings. The first-order valence-electron chi connectivity index (χ1n) is 4.27. The molecule has 0 N–H and O–H groups in total. The molecule has 0 spiro atoms. The van der Waals surface area contributed by atoms with Crippen molar-refractivity contribution in [3.8, 4) is 0 Å². The summed E-state index contributed by atoms with van der Waals surface area (Å²) in [5, 5.41) is 5.11. The number of halogens is 2. The van der Waals surface area contributed by atoms with E-state index in [0.29, 0.717) is 6.54 Å². The van der Waals surface area contributed by atoms with Gasteiger partial charge in [0.15, 0.2) is 0 Å². The SMILES string of the molecule is CC1c2cc(Br)nn2C(C)CN1F. The second-order valence-electron chi connectivity index (χ2n) is 3.44. The molecule has 0 aliphatic carbocycles. The van der Waals surface area contributed by atoms with E-state index in [1.807, 2.05) is 24.6 Å². The van der Waals surface area contributed by atoms with Crippen molar-refractivity contribution in [2.24, 2.45) is 0 Å². The number of aromatic nitrogens is 2. The fraction of sp³-hybridized carbons (Fsp3) is 0.625. The molecule has 13 heavy (non-hydrogen) atoms. The molecule has 72 valence electrons. The fourth-order valence-electron chi connectivity index (χ4n) is 1.67. The highest BCUT2D eigenvalue weighted by Crippen LogP contribution is 2.31. The van der Waals surface area contributed by atoms with Gasteiger partial charge in [-0.15, -0.1) is 9.60 Å². The van der Waals surface area contributed by atoms with Gasteiger partial charge in [0.25, 0.3) is 0 Å². The third kappa shape index (κ3) is 1.40. The molecule has 3 nitrogen and oxygen atoms in total. The van der Waals surface area contributed by atoms with Crippen molar-refractivity contribution in [3.63, 3.8) is 0 Å². The van der Waals surface area contributed by atoms with Gasteiger partial charge in [-0.1, -0.05) is 0 Å². The summed E-state index contributed by atoms with van der Waals surface area (Å²) in [5.74, 6) is 0. The van der Waals surface area contributed by atoms with Crippen molar-refractivity contribution in [1.29, 1.82) is 0 Å². The van der Waals surface area contributed by atoms with E-state index in [-0.39, 0.29) is 12.1 Å². The monoisotopic (exact) mass is 247 g/mol. The lowest BCUT2D eigenvalue weighted by Crippen LogP contribution is -2.34. The van der Waals surface area contributed by atoms with E-state index in [1.54, 1.807) is 0 Å². The van der Waals surface area contributed by atoms with E-state index in [9.17, 15) is 4.48 Å². The molecule has 0 fully saturated rings. The number of rotatable bonds is 0. The van der Waals surface area contributed by atoms with Crippen LogP contribution >= 0.6 is 15.9 Å². The average molecular weight is 248 g/mol. The summed E-state index contributed by atoms with van der Waals surface area (Å²) in [5.41, 5.74) is 0.924. The van der Waals surface area contributed by atoms with Gasteiger partial charge in [0.05, 0.1) is 24.3 Å². The fourth-order valence-corrected chi connectivity index (χ4v) is 2.08. The summed E-state index contributed by atoms with van der Waals surface area (Å²) >= 11 is 3.29. The summed E-state index contributed by atoms with van der Waals surface area (Å²) in [6, 6.07) is 1.77. The van der Waals surface area contributed by atoms with Crippen molar-refractivity contribution in [3.05, 3.63) is 16.4 Å². The summed E-state index contributed by atoms with van der Waals surface area (Å²) in [7, 11) is 0. The Hall–Kier alpha value is -0.420. The van der Waals surface area contributed by atoms with E-state index in [4.69, 9.17) is 0 Å². The van der Waals surface area contributed by atoms with E-state index >= 15 is 0 Å². The first-order valence-corrected chi connectivity index (χ1v) is 5.06. The molecular formula is C8H11BrFN3. The molecule has 0 amide bonds. The minimum absolute atomic E-state index is 0.0995. The number of nitrogens with zero attached hydrogens (tertiary/aromatic N) is 3. The van der Waals surface area contributed by atoms with Crippen molar-refractivity contribution in [2.75, 3.05) is 6.54 Å². The maximum atomic E-state index is 13.3. The summed E-state index contributed by atoms with van der Waals surface area (Å²) in [6.45, 7) is 4.20. The number of hydrogen-bond acceptors (Lipinski definition) is 2. The molecule has 2 atom stereocenters. The quantitative estimate of drug-likeness (QED) is 0.657. The van der Waals surface area contributed by atoms with Gasteiger partial charge in [0.1, 0.15) is 4.60 Å². The zero-order chi connectivity index (χ0) is 9.59. The standard InChI is InChI=1S/C8H11BrFN3/c1-5-4-12(10)6(2)7-3-8(9)11-13(5)7/h3,5-6H,4H2,1-2H3. The zero-order valence-electron chi connectivity index (χ0n) is 7.54.